The number of halogens is 2. The van der Waals surface area contributed by atoms with Crippen LogP contribution in [0, 0.1) is 0 Å². The van der Waals surface area contributed by atoms with Crippen molar-refractivity contribution in [3.05, 3.63) is 35.4 Å². The number of likely N-dealkylation sites (tertiary alicyclic amines) is 1. The molecule has 0 aromatic heterocycles. The summed E-state index contributed by atoms with van der Waals surface area (Å²) in [5.74, 6) is -4.59. The van der Waals surface area contributed by atoms with Crippen LogP contribution in [-0.2, 0) is 14.4 Å². The number of ketones is 1. The smallest absolute Gasteiger partial charge is 0.348 e. The molecule has 1 unspecified atom stereocenters. The molecule has 3 atom stereocenters. The van der Waals surface area contributed by atoms with Gasteiger partial charge < -0.3 is 5.11 Å². The zero-order valence-corrected chi connectivity index (χ0v) is 15.5. The zero-order valence-electron chi connectivity index (χ0n) is 12.6. The predicted molar refractivity (Wildman–Crippen MR) is 92.3 cm³/mol. The van der Waals surface area contributed by atoms with E-state index in [9.17, 15) is 29.1 Å². The van der Waals surface area contributed by atoms with Crippen molar-refractivity contribution in [3.63, 3.8) is 0 Å². The lowest BCUT2D eigenvalue weighted by Gasteiger charge is -2.51. The Labute approximate surface area is 159 Å². The third-order valence-electron chi connectivity index (χ3n) is 4.18. The van der Waals surface area contributed by atoms with E-state index in [1.54, 1.807) is 12.1 Å². The van der Waals surface area contributed by atoms with Crippen LogP contribution in [0.3, 0.4) is 0 Å². The number of carboxylic acid groups (broad SMARTS) is 1. The Bertz CT molecular complexity index is 807. The van der Waals surface area contributed by atoms with Crippen molar-refractivity contribution in [1.29, 1.82) is 0 Å². The molecule has 130 valence electrons. The van der Waals surface area contributed by atoms with Gasteiger partial charge in [-0.15, -0.1) is 0 Å². The maximum absolute atomic E-state index is 12.5. The lowest BCUT2D eigenvalue weighted by Crippen LogP contribution is -2.76. The van der Waals surface area contributed by atoms with Crippen molar-refractivity contribution >= 4 is 63.7 Å². The number of amides is 3. The third-order valence-corrected chi connectivity index (χ3v) is 6.36. The van der Waals surface area contributed by atoms with E-state index in [1.165, 1.54) is 34.7 Å². The molecule has 10 heteroatoms. The van der Waals surface area contributed by atoms with Gasteiger partial charge in [-0.05, 0) is 41.6 Å². The predicted octanol–water partition coefficient (Wildman–Crippen LogP) is 0.863. The lowest BCUT2D eigenvalue weighted by molar-refractivity contribution is -0.168. The molecule has 1 aromatic rings. The summed E-state index contributed by atoms with van der Waals surface area (Å²) in [4.78, 5) is 62.1. The zero-order chi connectivity index (χ0) is 18.7. The lowest BCUT2D eigenvalue weighted by atomic mass is 9.99. The monoisotopic (exact) mass is 476 g/mol. The molecule has 25 heavy (non-hydrogen) atoms. The Morgan fingerprint density at radius 2 is 1.64 bits per heavy atom. The van der Waals surface area contributed by atoms with Crippen LogP contribution in [0.5, 0.6) is 0 Å². The van der Waals surface area contributed by atoms with Gasteiger partial charge in [-0.25, -0.2) is 4.79 Å². The Balaban J connectivity index is 1.95. The second-order valence-electron chi connectivity index (χ2n) is 5.54. The molecular formula is C15H10ClIN2O6. The molecule has 3 amide bonds. The number of Topliss-reactive ketones (excluding diaryl/α,β-unsaturated/α-hetero) is 1. The Morgan fingerprint density at radius 1 is 1.16 bits per heavy atom. The number of fused-ring (bicyclic) bond motifs is 1. The molecule has 0 bridgehead atoms. The van der Waals surface area contributed by atoms with E-state index in [0.717, 1.165) is 11.8 Å². The largest absolute Gasteiger partial charge is 0.479 e. The number of rotatable bonds is 4. The Morgan fingerprint density at radius 3 is 2.00 bits per heavy atom. The Hall–Kier alpha value is -2.01. The van der Waals surface area contributed by atoms with Crippen LogP contribution >= 0.6 is 34.2 Å². The fourth-order valence-electron chi connectivity index (χ4n) is 2.88. The maximum atomic E-state index is 12.5. The average molecular weight is 477 g/mol. The highest BCUT2D eigenvalue weighted by atomic mass is 127. The van der Waals surface area contributed by atoms with Crippen molar-refractivity contribution < 1.29 is 29.1 Å². The van der Waals surface area contributed by atoms with Gasteiger partial charge in [-0.3, -0.25) is 29.0 Å². The van der Waals surface area contributed by atoms with Crippen molar-refractivity contribution in [1.82, 2.24) is 9.80 Å². The van der Waals surface area contributed by atoms with E-state index >= 15 is 0 Å². The van der Waals surface area contributed by atoms with Gasteiger partial charge >= 0.3 is 5.97 Å². The van der Waals surface area contributed by atoms with Crippen LogP contribution in [0.1, 0.15) is 27.6 Å². The van der Waals surface area contributed by atoms with Gasteiger partial charge in [-0.1, -0.05) is 23.7 Å². The molecule has 2 heterocycles. The number of benzene rings is 1. The van der Waals surface area contributed by atoms with E-state index in [4.69, 9.17) is 11.6 Å². The molecule has 1 N–H and O–H groups in total. The summed E-state index contributed by atoms with van der Waals surface area (Å²) in [6, 6.07) is 4.71. The topological polar surface area (TPSA) is 112 Å². The van der Waals surface area contributed by atoms with Gasteiger partial charge in [-0.2, -0.15) is 0 Å². The molecule has 0 saturated carbocycles. The first-order valence-electron chi connectivity index (χ1n) is 7.01. The van der Waals surface area contributed by atoms with Crippen LogP contribution in [0.2, 0.25) is 0 Å². The molecule has 0 aliphatic carbocycles. The van der Waals surface area contributed by atoms with E-state index in [2.05, 4.69) is 0 Å². The molecule has 0 spiro atoms. The van der Waals surface area contributed by atoms with Gasteiger partial charge in [0.2, 0.25) is 0 Å². The number of carbonyl (C=O) groups excluding carboxylic acids is 4. The summed E-state index contributed by atoms with van der Waals surface area (Å²) in [5.41, 5.74) is -1.03. The second kappa shape index (κ2) is 5.77. The van der Waals surface area contributed by atoms with E-state index in [-0.39, 0.29) is 11.1 Å². The van der Waals surface area contributed by atoms with Gasteiger partial charge in [0.05, 0.1) is 11.1 Å². The standard InChI is InChI=1S/C15H10ClIN2O6/c1-6(20)15(17,14(24)25)19-10(16)9(13(19)23)18-11(21)7-4-2-3-5-8(7)12(18)22/h2-5,9-10H,1H3,(H,24,25)/t9-,10+,15?/m1/s1. The van der Waals surface area contributed by atoms with Crippen molar-refractivity contribution in [3.8, 4) is 0 Å². The molecule has 8 nitrogen and oxygen atoms in total. The molecular weight excluding hydrogens is 467 g/mol. The fourth-order valence-corrected chi connectivity index (χ4v) is 4.05. The number of β-lactam (4-membered cyclic amide) rings is 1. The minimum absolute atomic E-state index is 0.146. The number of hydrogen-bond donors (Lipinski definition) is 1. The van der Waals surface area contributed by atoms with Gasteiger partial charge in [0.15, 0.2) is 11.8 Å². The highest BCUT2D eigenvalue weighted by Gasteiger charge is 2.65. The summed E-state index contributed by atoms with van der Waals surface area (Å²) < 4.78 is -2.20. The van der Waals surface area contributed by atoms with Gasteiger partial charge in [0, 0.05) is 0 Å². The average Bonchev–Trinajstić information content (AvgIpc) is 2.80. The first kappa shape index (κ1) is 17.8. The highest BCUT2D eigenvalue weighted by molar-refractivity contribution is 14.1. The molecule has 0 radical (unpaired) electrons. The van der Waals surface area contributed by atoms with Crippen molar-refractivity contribution in [2.75, 3.05) is 0 Å². The van der Waals surface area contributed by atoms with Gasteiger partial charge in [0.25, 0.3) is 21.3 Å². The molecule has 1 aromatic carbocycles. The van der Waals surface area contributed by atoms with Crippen LogP contribution in [0.15, 0.2) is 24.3 Å². The minimum Gasteiger partial charge on any atom is -0.479 e. The number of carboxylic acids is 1. The SMILES string of the molecule is CC(=O)C(I)(C(=O)O)N1C(=O)[C@H](N2C(=O)c3ccccc3C2=O)[C@H]1Cl. The highest BCUT2D eigenvalue weighted by Crippen LogP contribution is 2.41. The number of alkyl halides is 2. The summed E-state index contributed by atoms with van der Waals surface area (Å²) in [5, 5.41) is 9.34. The number of hydrogen-bond acceptors (Lipinski definition) is 5. The molecule has 2 aliphatic rings. The van der Waals surface area contributed by atoms with E-state index < -0.39 is 44.6 Å². The van der Waals surface area contributed by atoms with Crippen molar-refractivity contribution in [2.45, 2.75) is 22.0 Å². The summed E-state index contributed by atoms with van der Waals surface area (Å²) in [6.07, 6.45) is 0. The maximum Gasteiger partial charge on any atom is 0.348 e. The van der Waals surface area contributed by atoms with E-state index in [0.29, 0.717) is 4.90 Å². The van der Waals surface area contributed by atoms with Crippen molar-refractivity contribution in [2.24, 2.45) is 0 Å². The van der Waals surface area contributed by atoms with Crippen LogP contribution in [-0.4, -0.2) is 59.5 Å². The number of carbonyl (C=O) groups is 5. The van der Waals surface area contributed by atoms with Crippen LogP contribution < -0.4 is 0 Å². The molecule has 1 fully saturated rings. The normalized spacial score (nSPS) is 24.7. The fraction of sp³-hybridized carbons (Fsp3) is 0.267. The van der Waals surface area contributed by atoms with Crippen LogP contribution in [0.4, 0.5) is 0 Å². The summed E-state index contributed by atoms with van der Waals surface area (Å²) >= 11 is 7.47. The molecule has 3 rings (SSSR count). The first-order valence-corrected chi connectivity index (χ1v) is 8.53. The number of aliphatic carboxylic acids is 1. The molecule has 2 aliphatic heterocycles. The third kappa shape index (κ3) is 2.21. The first-order chi connectivity index (χ1) is 11.6. The van der Waals surface area contributed by atoms with Crippen LogP contribution in [0.25, 0.3) is 0 Å². The van der Waals surface area contributed by atoms with Gasteiger partial charge in [0.1, 0.15) is 5.50 Å². The van der Waals surface area contributed by atoms with E-state index in [1.807, 2.05) is 0 Å². The minimum atomic E-state index is -2.20. The number of nitrogens with zero attached hydrogens (tertiary/aromatic N) is 2. The number of imide groups is 1. The summed E-state index contributed by atoms with van der Waals surface area (Å²) in [7, 11) is 0. The summed E-state index contributed by atoms with van der Waals surface area (Å²) in [6.45, 7) is 1.02. The quantitative estimate of drug-likeness (QED) is 0.172. The Kier molecular flexibility index (Phi) is 4.11. The molecule has 1 saturated heterocycles. The second-order valence-corrected chi connectivity index (χ2v) is 7.54.